The van der Waals surface area contributed by atoms with Crippen molar-refractivity contribution in [1.29, 1.82) is 0 Å². The standard InChI is InChI=1S/C10H13N3O3/c11-9(14)7-6-12-3-4-13(7)10(15)8-2-1-5-16-8/h1-2,5,7,12H,3-4,6H2,(H2,11,14). The number of hydrogen-bond acceptors (Lipinski definition) is 4. The second-order valence-electron chi connectivity index (χ2n) is 3.60. The molecule has 2 amide bonds. The Morgan fingerprint density at radius 1 is 1.56 bits per heavy atom. The Hall–Kier alpha value is -1.82. The van der Waals surface area contributed by atoms with E-state index in [1.165, 1.54) is 11.2 Å². The second-order valence-corrected chi connectivity index (χ2v) is 3.60. The summed E-state index contributed by atoms with van der Waals surface area (Å²) >= 11 is 0. The molecule has 0 radical (unpaired) electrons. The van der Waals surface area contributed by atoms with Crippen LogP contribution >= 0.6 is 0 Å². The van der Waals surface area contributed by atoms with Crippen molar-refractivity contribution in [1.82, 2.24) is 10.2 Å². The zero-order valence-corrected chi connectivity index (χ0v) is 8.68. The van der Waals surface area contributed by atoms with E-state index < -0.39 is 11.9 Å². The first-order valence-corrected chi connectivity index (χ1v) is 5.04. The summed E-state index contributed by atoms with van der Waals surface area (Å²) in [4.78, 5) is 24.6. The van der Waals surface area contributed by atoms with Crippen LogP contribution in [-0.4, -0.2) is 42.4 Å². The predicted molar refractivity (Wildman–Crippen MR) is 55.6 cm³/mol. The topological polar surface area (TPSA) is 88.6 Å². The average molecular weight is 223 g/mol. The summed E-state index contributed by atoms with van der Waals surface area (Å²) in [7, 11) is 0. The molecule has 1 fully saturated rings. The molecule has 0 spiro atoms. The van der Waals surface area contributed by atoms with Crippen molar-refractivity contribution in [2.75, 3.05) is 19.6 Å². The first kappa shape index (κ1) is 10.7. The van der Waals surface area contributed by atoms with Crippen molar-refractivity contribution in [3.63, 3.8) is 0 Å². The average Bonchev–Trinajstić information content (AvgIpc) is 2.81. The zero-order valence-electron chi connectivity index (χ0n) is 8.68. The fraction of sp³-hybridized carbons (Fsp3) is 0.400. The molecular formula is C10H13N3O3. The molecule has 6 heteroatoms. The Labute approximate surface area is 92.4 Å². The molecule has 0 bridgehead atoms. The van der Waals surface area contributed by atoms with Crippen LogP contribution in [0, 0.1) is 0 Å². The fourth-order valence-corrected chi connectivity index (χ4v) is 1.74. The van der Waals surface area contributed by atoms with Gasteiger partial charge in [-0.15, -0.1) is 0 Å². The summed E-state index contributed by atoms with van der Waals surface area (Å²) < 4.78 is 5.01. The van der Waals surface area contributed by atoms with Crippen molar-refractivity contribution >= 4 is 11.8 Å². The third-order valence-electron chi connectivity index (χ3n) is 2.56. The number of carbonyl (C=O) groups is 2. The molecule has 1 unspecified atom stereocenters. The maximum atomic E-state index is 12.0. The Kier molecular flexibility index (Phi) is 2.91. The minimum atomic E-state index is -0.605. The lowest BCUT2D eigenvalue weighted by atomic mass is 10.1. The molecule has 1 atom stereocenters. The van der Waals surface area contributed by atoms with Crippen LogP contribution in [0.5, 0.6) is 0 Å². The normalized spacial score (nSPS) is 20.8. The number of furan rings is 1. The molecule has 0 aromatic carbocycles. The van der Waals surface area contributed by atoms with Crippen molar-refractivity contribution in [3.05, 3.63) is 24.2 Å². The summed E-state index contributed by atoms with van der Waals surface area (Å²) in [5, 5.41) is 3.02. The van der Waals surface area contributed by atoms with E-state index in [1.807, 2.05) is 0 Å². The van der Waals surface area contributed by atoms with Crippen LogP contribution in [0.2, 0.25) is 0 Å². The van der Waals surface area contributed by atoms with Gasteiger partial charge in [-0.3, -0.25) is 9.59 Å². The summed E-state index contributed by atoms with van der Waals surface area (Å²) in [6.07, 6.45) is 1.43. The van der Waals surface area contributed by atoms with Crippen molar-refractivity contribution in [2.45, 2.75) is 6.04 Å². The molecule has 86 valence electrons. The van der Waals surface area contributed by atoms with Crippen LogP contribution in [-0.2, 0) is 4.79 Å². The molecule has 6 nitrogen and oxygen atoms in total. The Bertz CT molecular complexity index is 388. The molecule has 2 heterocycles. The maximum Gasteiger partial charge on any atom is 0.290 e. The van der Waals surface area contributed by atoms with Crippen molar-refractivity contribution in [2.24, 2.45) is 5.73 Å². The van der Waals surface area contributed by atoms with Crippen LogP contribution in [0.25, 0.3) is 0 Å². The molecule has 1 aromatic rings. The van der Waals surface area contributed by atoms with E-state index in [9.17, 15) is 9.59 Å². The molecule has 0 aliphatic carbocycles. The molecular weight excluding hydrogens is 210 g/mol. The van der Waals surface area contributed by atoms with E-state index in [1.54, 1.807) is 12.1 Å². The van der Waals surface area contributed by atoms with E-state index in [2.05, 4.69) is 5.32 Å². The predicted octanol–water partition coefficient (Wildman–Crippen LogP) is -0.821. The van der Waals surface area contributed by atoms with Gasteiger partial charge >= 0.3 is 0 Å². The van der Waals surface area contributed by atoms with Crippen LogP contribution in [0.3, 0.4) is 0 Å². The highest BCUT2D eigenvalue weighted by Crippen LogP contribution is 2.10. The number of nitrogens with one attached hydrogen (secondary N) is 1. The number of rotatable bonds is 2. The number of hydrogen-bond donors (Lipinski definition) is 2. The molecule has 3 N–H and O–H groups in total. The number of nitrogens with two attached hydrogens (primary N) is 1. The van der Waals surface area contributed by atoms with Crippen molar-refractivity contribution in [3.8, 4) is 0 Å². The minimum absolute atomic E-state index is 0.230. The summed E-state index contributed by atoms with van der Waals surface area (Å²) in [6, 6.07) is 2.60. The van der Waals surface area contributed by atoms with E-state index in [4.69, 9.17) is 10.2 Å². The fourth-order valence-electron chi connectivity index (χ4n) is 1.74. The Morgan fingerprint density at radius 3 is 3.00 bits per heavy atom. The third kappa shape index (κ3) is 1.92. The number of primary amides is 1. The lowest BCUT2D eigenvalue weighted by Crippen LogP contribution is -2.58. The van der Waals surface area contributed by atoms with E-state index in [0.29, 0.717) is 19.6 Å². The van der Waals surface area contributed by atoms with Gasteiger partial charge in [0.15, 0.2) is 5.76 Å². The maximum absolute atomic E-state index is 12.0. The lowest BCUT2D eigenvalue weighted by molar-refractivity contribution is -0.122. The summed E-state index contributed by atoms with van der Waals surface area (Å²) in [5.41, 5.74) is 5.25. The van der Waals surface area contributed by atoms with Gasteiger partial charge in [0.2, 0.25) is 5.91 Å². The van der Waals surface area contributed by atoms with Gasteiger partial charge in [-0.2, -0.15) is 0 Å². The molecule has 2 rings (SSSR count). The minimum Gasteiger partial charge on any atom is -0.459 e. The Balaban J connectivity index is 2.17. The highest BCUT2D eigenvalue weighted by Gasteiger charge is 2.32. The second kappa shape index (κ2) is 4.36. The van der Waals surface area contributed by atoms with Crippen LogP contribution in [0.1, 0.15) is 10.6 Å². The highest BCUT2D eigenvalue weighted by molar-refractivity contribution is 5.95. The van der Waals surface area contributed by atoms with E-state index >= 15 is 0 Å². The van der Waals surface area contributed by atoms with Crippen LogP contribution in [0.4, 0.5) is 0 Å². The lowest BCUT2D eigenvalue weighted by Gasteiger charge is -2.33. The molecule has 16 heavy (non-hydrogen) atoms. The monoisotopic (exact) mass is 223 g/mol. The summed E-state index contributed by atoms with van der Waals surface area (Å²) in [6.45, 7) is 1.49. The van der Waals surface area contributed by atoms with Gasteiger partial charge in [0, 0.05) is 19.6 Å². The Morgan fingerprint density at radius 2 is 2.38 bits per heavy atom. The molecule has 0 saturated carbocycles. The van der Waals surface area contributed by atoms with Gasteiger partial charge in [-0.25, -0.2) is 0 Å². The molecule has 1 aliphatic rings. The SMILES string of the molecule is NC(=O)C1CNCCN1C(=O)c1ccco1. The van der Waals surface area contributed by atoms with Crippen LogP contribution < -0.4 is 11.1 Å². The van der Waals surface area contributed by atoms with Gasteiger partial charge in [0.1, 0.15) is 6.04 Å². The first-order chi connectivity index (χ1) is 7.70. The van der Waals surface area contributed by atoms with Crippen LogP contribution in [0.15, 0.2) is 22.8 Å². The smallest absolute Gasteiger partial charge is 0.290 e. The highest BCUT2D eigenvalue weighted by atomic mass is 16.3. The van der Waals surface area contributed by atoms with Gasteiger partial charge in [-0.1, -0.05) is 0 Å². The van der Waals surface area contributed by atoms with E-state index in [-0.39, 0.29) is 11.7 Å². The van der Waals surface area contributed by atoms with Gasteiger partial charge in [-0.05, 0) is 12.1 Å². The number of piperazine rings is 1. The van der Waals surface area contributed by atoms with Crippen molar-refractivity contribution < 1.29 is 14.0 Å². The number of amides is 2. The number of nitrogens with zero attached hydrogens (tertiary/aromatic N) is 1. The quantitative estimate of drug-likeness (QED) is 0.685. The molecule has 1 aliphatic heterocycles. The van der Waals surface area contributed by atoms with Gasteiger partial charge in [0.25, 0.3) is 5.91 Å². The zero-order chi connectivity index (χ0) is 11.5. The van der Waals surface area contributed by atoms with E-state index in [0.717, 1.165) is 0 Å². The summed E-state index contributed by atoms with van der Waals surface area (Å²) in [5.74, 6) is -0.574. The van der Waals surface area contributed by atoms with Gasteiger partial charge in [0.05, 0.1) is 6.26 Å². The third-order valence-corrected chi connectivity index (χ3v) is 2.56. The number of carbonyl (C=O) groups excluding carboxylic acids is 2. The van der Waals surface area contributed by atoms with Gasteiger partial charge < -0.3 is 20.4 Å². The first-order valence-electron chi connectivity index (χ1n) is 5.04. The molecule has 1 saturated heterocycles. The molecule has 1 aromatic heterocycles. The largest absolute Gasteiger partial charge is 0.459 e.